The van der Waals surface area contributed by atoms with Crippen molar-refractivity contribution in [2.45, 2.75) is 6.42 Å². The van der Waals surface area contributed by atoms with Crippen molar-refractivity contribution in [2.24, 2.45) is 0 Å². The van der Waals surface area contributed by atoms with Crippen molar-refractivity contribution >= 4 is 63.9 Å². The average Bonchev–Trinajstić information content (AvgIpc) is 3.32. The molecule has 0 unspecified atom stereocenters. The quantitative estimate of drug-likeness (QED) is 0.189. The number of nitrogens with zero attached hydrogens (tertiary/aromatic N) is 2. The molecule has 0 atom stereocenters. The second kappa shape index (κ2) is 15.4. The number of amides is 2. The van der Waals surface area contributed by atoms with Crippen LogP contribution in [0.25, 0.3) is 23.3 Å². The summed E-state index contributed by atoms with van der Waals surface area (Å²) in [5.41, 5.74) is 2.90. The first-order chi connectivity index (χ1) is 22.6. The van der Waals surface area contributed by atoms with E-state index in [1.54, 1.807) is 12.1 Å². The lowest BCUT2D eigenvalue weighted by Crippen LogP contribution is -2.36. The standard InChI is InChI=1S/C34H31F2N3O6S2/c1-44-29-20-24(33(42)43)5-7-28(29)37-31(40)8-10-39-32(41)30(47-34(39)46)18-22-15-21(3-2-9-38-11-13-45-14-12-38)16-25(17-22)23-4-6-26(35)27(36)19-23/h2-7,15-20H,8-14H2,1H3,(H,37,40)(H,42,43). The van der Waals surface area contributed by atoms with E-state index in [0.717, 1.165) is 49.1 Å². The number of morpholine rings is 1. The van der Waals surface area contributed by atoms with Crippen LogP contribution in [0.3, 0.4) is 0 Å². The van der Waals surface area contributed by atoms with Crippen LogP contribution in [0.4, 0.5) is 14.5 Å². The minimum absolute atomic E-state index is 0.00991. The maximum Gasteiger partial charge on any atom is 0.335 e. The molecule has 2 heterocycles. The molecular formula is C34H31F2N3O6S2. The summed E-state index contributed by atoms with van der Waals surface area (Å²) in [5, 5.41) is 11.9. The van der Waals surface area contributed by atoms with E-state index in [0.29, 0.717) is 44.8 Å². The summed E-state index contributed by atoms with van der Waals surface area (Å²) in [6.07, 6.45) is 5.59. The van der Waals surface area contributed by atoms with Gasteiger partial charge >= 0.3 is 5.97 Å². The number of thiocarbonyl (C=S) groups is 1. The van der Waals surface area contributed by atoms with Crippen molar-refractivity contribution in [3.8, 4) is 16.9 Å². The zero-order valence-corrected chi connectivity index (χ0v) is 27.0. The molecule has 5 rings (SSSR count). The van der Waals surface area contributed by atoms with Crippen LogP contribution in [0.15, 0.2) is 65.6 Å². The van der Waals surface area contributed by atoms with Crippen molar-refractivity contribution < 1.29 is 37.7 Å². The van der Waals surface area contributed by atoms with Gasteiger partial charge in [0.2, 0.25) is 5.91 Å². The summed E-state index contributed by atoms with van der Waals surface area (Å²) in [6, 6.07) is 13.3. The lowest BCUT2D eigenvalue weighted by molar-refractivity contribution is -0.122. The van der Waals surface area contributed by atoms with Crippen LogP contribution in [0.1, 0.15) is 27.9 Å². The Labute approximate surface area is 279 Å². The van der Waals surface area contributed by atoms with Crippen molar-refractivity contribution in [3.63, 3.8) is 0 Å². The topological polar surface area (TPSA) is 108 Å². The van der Waals surface area contributed by atoms with Gasteiger partial charge in [-0.1, -0.05) is 42.2 Å². The van der Waals surface area contributed by atoms with Gasteiger partial charge in [0.1, 0.15) is 10.1 Å². The highest BCUT2D eigenvalue weighted by Gasteiger charge is 2.32. The van der Waals surface area contributed by atoms with Crippen LogP contribution < -0.4 is 10.1 Å². The number of anilines is 1. The van der Waals surface area contributed by atoms with Gasteiger partial charge in [0, 0.05) is 32.6 Å². The van der Waals surface area contributed by atoms with E-state index >= 15 is 0 Å². The molecule has 0 spiro atoms. The van der Waals surface area contributed by atoms with E-state index in [-0.39, 0.29) is 30.2 Å². The van der Waals surface area contributed by atoms with Gasteiger partial charge in [-0.15, -0.1) is 0 Å². The molecule has 2 fully saturated rings. The maximum absolute atomic E-state index is 14.1. The molecule has 2 aliphatic rings. The van der Waals surface area contributed by atoms with E-state index in [9.17, 15) is 28.3 Å². The molecule has 0 radical (unpaired) electrons. The fourth-order valence-electron chi connectivity index (χ4n) is 5.02. The minimum Gasteiger partial charge on any atom is -0.495 e. The Hall–Kier alpha value is -4.43. The summed E-state index contributed by atoms with van der Waals surface area (Å²) in [4.78, 5) is 41.3. The minimum atomic E-state index is -1.13. The summed E-state index contributed by atoms with van der Waals surface area (Å²) in [6.45, 7) is 3.78. The molecule has 0 saturated carbocycles. The molecule has 3 aromatic rings. The summed E-state index contributed by atoms with van der Waals surface area (Å²) in [5.74, 6) is -3.62. The number of carbonyl (C=O) groups is 3. The summed E-state index contributed by atoms with van der Waals surface area (Å²) < 4.78 is 38.7. The van der Waals surface area contributed by atoms with Crippen molar-refractivity contribution in [1.29, 1.82) is 0 Å². The number of carboxylic acid groups (broad SMARTS) is 1. The number of ether oxygens (including phenoxy) is 2. The van der Waals surface area contributed by atoms with Crippen LogP contribution in [0.5, 0.6) is 5.75 Å². The molecule has 0 bridgehead atoms. The van der Waals surface area contributed by atoms with Gasteiger partial charge in [-0.05, 0) is 76.9 Å². The first-order valence-electron chi connectivity index (χ1n) is 14.6. The number of nitrogens with one attached hydrogen (secondary N) is 1. The van der Waals surface area contributed by atoms with Gasteiger partial charge < -0.3 is 19.9 Å². The summed E-state index contributed by atoms with van der Waals surface area (Å²) in [7, 11) is 1.36. The highest BCUT2D eigenvalue weighted by atomic mass is 32.2. The van der Waals surface area contributed by atoms with Gasteiger partial charge in [-0.3, -0.25) is 19.4 Å². The normalized spacial score (nSPS) is 16.3. The Morgan fingerprint density at radius 1 is 1.04 bits per heavy atom. The SMILES string of the molecule is COc1cc(C(=O)O)ccc1NC(=O)CCN1C(=O)C(=Cc2cc(C=CCN3CCOCC3)cc(-c3ccc(F)c(F)c3)c2)SC1=S. The molecule has 0 aromatic heterocycles. The number of carboxylic acids is 1. The Bertz CT molecular complexity index is 1770. The second-order valence-corrected chi connectivity index (χ2v) is 12.4. The number of carbonyl (C=O) groups excluding carboxylic acids is 2. The monoisotopic (exact) mass is 679 g/mol. The molecular weight excluding hydrogens is 649 g/mol. The van der Waals surface area contributed by atoms with E-state index in [4.69, 9.17) is 21.7 Å². The number of hydrogen-bond donors (Lipinski definition) is 2. The third-order valence-electron chi connectivity index (χ3n) is 7.46. The fraction of sp³-hybridized carbons (Fsp3) is 0.235. The molecule has 3 aromatic carbocycles. The molecule has 2 N–H and O–H groups in total. The third-order valence-corrected chi connectivity index (χ3v) is 8.84. The van der Waals surface area contributed by atoms with Crippen molar-refractivity contribution in [2.75, 3.05) is 51.8 Å². The van der Waals surface area contributed by atoms with Gasteiger partial charge in [0.25, 0.3) is 5.91 Å². The number of thioether (sulfide) groups is 1. The Morgan fingerprint density at radius 3 is 2.53 bits per heavy atom. The molecule has 13 heteroatoms. The Morgan fingerprint density at radius 2 is 1.81 bits per heavy atom. The fourth-order valence-corrected chi connectivity index (χ4v) is 6.33. The highest BCUT2D eigenvalue weighted by Crippen LogP contribution is 2.34. The molecule has 47 heavy (non-hydrogen) atoms. The Kier molecular flexibility index (Phi) is 11.1. The van der Waals surface area contributed by atoms with Gasteiger partial charge in [0.05, 0.1) is 36.5 Å². The van der Waals surface area contributed by atoms with Crippen LogP contribution in [0, 0.1) is 11.6 Å². The van der Waals surface area contributed by atoms with Crippen molar-refractivity contribution in [1.82, 2.24) is 9.80 Å². The summed E-state index contributed by atoms with van der Waals surface area (Å²) >= 11 is 6.57. The van der Waals surface area contributed by atoms with Crippen LogP contribution in [0.2, 0.25) is 0 Å². The third kappa shape index (κ3) is 8.69. The molecule has 2 amide bonds. The zero-order chi connectivity index (χ0) is 33.5. The number of methoxy groups -OCH3 is 1. The molecule has 2 aliphatic heterocycles. The van der Waals surface area contributed by atoms with Crippen LogP contribution in [-0.2, 0) is 14.3 Å². The first-order valence-corrected chi connectivity index (χ1v) is 15.9. The van der Waals surface area contributed by atoms with Gasteiger partial charge in [-0.2, -0.15) is 0 Å². The van der Waals surface area contributed by atoms with Gasteiger partial charge in [0.15, 0.2) is 11.6 Å². The lowest BCUT2D eigenvalue weighted by atomic mass is 9.99. The number of rotatable bonds is 11. The molecule has 9 nitrogen and oxygen atoms in total. The van der Waals surface area contributed by atoms with E-state index in [1.807, 2.05) is 24.3 Å². The van der Waals surface area contributed by atoms with Gasteiger partial charge in [-0.25, -0.2) is 13.6 Å². The number of halogens is 2. The zero-order valence-electron chi connectivity index (χ0n) is 25.3. The largest absolute Gasteiger partial charge is 0.495 e. The Balaban J connectivity index is 1.31. The van der Waals surface area contributed by atoms with Crippen LogP contribution >= 0.6 is 24.0 Å². The second-order valence-electron chi connectivity index (χ2n) is 10.7. The predicted octanol–water partition coefficient (Wildman–Crippen LogP) is 5.91. The lowest BCUT2D eigenvalue weighted by Gasteiger charge is -2.25. The molecule has 2 saturated heterocycles. The smallest absolute Gasteiger partial charge is 0.335 e. The average molecular weight is 680 g/mol. The van der Waals surface area contributed by atoms with E-state index in [2.05, 4.69) is 10.2 Å². The van der Waals surface area contributed by atoms with Crippen LogP contribution in [-0.4, -0.2) is 83.5 Å². The van der Waals surface area contributed by atoms with E-state index < -0.39 is 23.5 Å². The van der Waals surface area contributed by atoms with E-state index in [1.165, 1.54) is 36.3 Å². The predicted molar refractivity (Wildman–Crippen MR) is 181 cm³/mol. The number of benzene rings is 3. The number of aromatic carboxylic acids is 1. The first kappa shape index (κ1) is 33.9. The maximum atomic E-state index is 14.1. The molecule has 0 aliphatic carbocycles. The highest BCUT2D eigenvalue weighted by molar-refractivity contribution is 8.26. The molecule has 244 valence electrons. The number of hydrogen-bond acceptors (Lipinski definition) is 8. The van der Waals surface area contributed by atoms with Crippen molar-refractivity contribution in [3.05, 3.63) is 93.9 Å².